The van der Waals surface area contributed by atoms with Crippen LogP contribution >= 0.6 is 15.9 Å². The molecular weight excluding hydrogens is 298 g/mol. The fraction of sp³-hybridized carbons (Fsp3) is 0.583. The smallest absolute Gasteiger partial charge is 0.311 e. The molecule has 0 spiro atoms. The summed E-state index contributed by atoms with van der Waals surface area (Å²) in [4.78, 5) is 14.4. The number of nitro groups is 1. The van der Waals surface area contributed by atoms with Crippen LogP contribution in [0.3, 0.4) is 0 Å². The Morgan fingerprint density at radius 2 is 1.94 bits per heavy atom. The lowest BCUT2D eigenvalue weighted by atomic mass is 10.1. The van der Waals surface area contributed by atoms with E-state index in [1.165, 1.54) is 31.9 Å². The van der Waals surface area contributed by atoms with Gasteiger partial charge in [-0.15, -0.1) is 0 Å². The minimum Gasteiger partial charge on any atom is -0.376 e. The highest BCUT2D eigenvalue weighted by atomic mass is 79.9. The van der Waals surface area contributed by atoms with Gasteiger partial charge in [-0.3, -0.25) is 15.1 Å². The molecule has 0 unspecified atom stereocenters. The second-order valence-corrected chi connectivity index (χ2v) is 5.46. The standard InChI is InChI=1S/C12H16BrN3O2/c13-10-7-14-8-11(16(17)18)12(10)15-9-5-3-1-2-4-6-9/h7-9H,1-6H2,(H,14,15). The van der Waals surface area contributed by atoms with E-state index in [1.807, 2.05) is 0 Å². The molecule has 1 saturated carbocycles. The Labute approximate surface area is 114 Å². The van der Waals surface area contributed by atoms with Gasteiger partial charge in [-0.05, 0) is 28.8 Å². The van der Waals surface area contributed by atoms with Crippen LogP contribution in [-0.4, -0.2) is 15.9 Å². The summed E-state index contributed by atoms with van der Waals surface area (Å²) in [6, 6.07) is 0.324. The van der Waals surface area contributed by atoms with E-state index in [2.05, 4.69) is 26.2 Å². The van der Waals surface area contributed by atoms with E-state index < -0.39 is 4.92 Å². The maximum absolute atomic E-state index is 11.0. The minimum atomic E-state index is -0.392. The molecule has 0 saturated heterocycles. The molecule has 1 aliphatic carbocycles. The van der Waals surface area contributed by atoms with Crippen LogP contribution in [0.5, 0.6) is 0 Å². The fourth-order valence-electron chi connectivity index (χ4n) is 2.33. The van der Waals surface area contributed by atoms with Crippen molar-refractivity contribution in [1.82, 2.24) is 4.98 Å². The first-order valence-corrected chi connectivity index (χ1v) is 7.02. The largest absolute Gasteiger partial charge is 0.376 e. The Kier molecular flexibility index (Phi) is 4.52. The van der Waals surface area contributed by atoms with Gasteiger partial charge < -0.3 is 5.32 Å². The second-order valence-electron chi connectivity index (χ2n) is 4.61. The highest BCUT2D eigenvalue weighted by Gasteiger charge is 2.21. The molecule has 1 aromatic heterocycles. The predicted octanol–water partition coefficient (Wildman–Crippen LogP) is 3.89. The van der Waals surface area contributed by atoms with E-state index in [0.717, 1.165) is 12.8 Å². The molecule has 18 heavy (non-hydrogen) atoms. The number of halogens is 1. The maximum Gasteiger partial charge on any atom is 0.311 e. The molecule has 0 aliphatic heterocycles. The molecule has 0 aromatic carbocycles. The summed E-state index contributed by atoms with van der Waals surface area (Å²) < 4.78 is 0.654. The summed E-state index contributed by atoms with van der Waals surface area (Å²) in [5, 5.41) is 14.3. The van der Waals surface area contributed by atoms with Crippen LogP contribution in [0.4, 0.5) is 11.4 Å². The second kappa shape index (κ2) is 6.13. The summed E-state index contributed by atoms with van der Waals surface area (Å²) in [6.45, 7) is 0. The Bertz CT molecular complexity index is 431. The lowest BCUT2D eigenvalue weighted by Gasteiger charge is -2.18. The van der Waals surface area contributed by atoms with Gasteiger partial charge in [-0.25, -0.2) is 0 Å². The molecule has 1 heterocycles. The molecule has 5 nitrogen and oxygen atoms in total. The molecule has 1 aliphatic rings. The van der Waals surface area contributed by atoms with E-state index in [4.69, 9.17) is 0 Å². The number of nitrogens with zero attached hydrogens (tertiary/aromatic N) is 2. The van der Waals surface area contributed by atoms with Crippen molar-refractivity contribution in [3.8, 4) is 0 Å². The van der Waals surface area contributed by atoms with Crippen molar-refractivity contribution >= 4 is 27.3 Å². The molecule has 1 fully saturated rings. The Morgan fingerprint density at radius 3 is 2.56 bits per heavy atom. The van der Waals surface area contributed by atoms with E-state index in [0.29, 0.717) is 16.2 Å². The molecule has 0 amide bonds. The van der Waals surface area contributed by atoms with Crippen molar-refractivity contribution < 1.29 is 4.92 Å². The fourth-order valence-corrected chi connectivity index (χ4v) is 2.77. The van der Waals surface area contributed by atoms with Gasteiger partial charge in [-0.2, -0.15) is 0 Å². The zero-order chi connectivity index (χ0) is 13.0. The highest BCUT2D eigenvalue weighted by molar-refractivity contribution is 9.10. The van der Waals surface area contributed by atoms with E-state index >= 15 is 0 Å². The van der Waals surface area contributed by atoms with Gasteiger partial charge in [0.05, 0.1) is 9.40 Å². The topological polar surface area (TPSA) is 68.1 Å². The van der Waals surface area contributed by atoms with Crippen molar-refractivity contribution in [3.63, 3.8) is 0 Å². The third-order valence-electron chi connectivity index (χ3n) is 3.28. The van der Waals surface area contributed by atoms with Gasteiger partial charge >= 0.3 is 5.69 Å². The number of hydrogen-bond donors (Lipinski definition) is 1. The monoisotopic (exact) mass is 313 g/mol. The minimum absolute atomic E-state index is 0.0358. The van der Waals surface area contributed by atoms with E-state index in [9.17, 15) is 10.1 Å². The van der Waals surface area contributed by atoms with Gasteiger partial charge in [0, 0.05) is 12.2 Å². The van der Waals surface area contributed by atoms with Crippen LogP contribution in [-0.2, 0) is 0 Å². The first kappa shape index (κ1) is 13.3. The third-order valence-corrected chi connectivity index (χ3v) is 3.88. The predicted molar refractivity (Wildman–Crippen MR) is 73.7 cm³/mol. The average Bonchev–Trinajstić information content (AvgIpc) is 2.60. The van der Waals surface area contributed by atoms with Crippen molar-refractivity contribution in [1.29, 1.82) is 0 Å². The lowest BCUT2D eigenvalue weighted by Crippen LogP contribution is -2.19. The number of hydrogen-bond acceptors (Lipinski definition) is 4. The van der Waals surface area contributed by atoms with Crippen molar-refractivity contribution in [3.05, 3.63) is 27.0 Å². The number of pyridine rings is 1. The Balaban J connectivity index is 2.19. The quantitative estimate of drug-likeness (QED) is 0.522. The van der Waals surface area contributed by atoms with Crippen molar-refractivity contribution in [2.24, 2.45) is 0 Å². The zero-order valence-corrected chi connectivity index (χ0v) is 11.6. The Morgan fingerprint density at radius 1 is 1.28 bits per heavy atom. The van der Waals surface area contributed by atoms with E-state index in [1.54, 1.807) is 6.20 Å². The number of aromatic nitrogens is 1. The molecule has 2 rings (SSSR count). The van der Waals surface area contributed by atoms with Gasteiger partial charge in [0.1, 0.15) is 11.9 Å². The molecular formula is C12H16BrN3O2. The maximum atomic E-state index is 11.0. The van der Waals surface area contributed by atoms with Crippen LogP contribution in [0.2, 0.25) is 0 Å². The van der Waals surface area contributed by atoms with Crippen LogP contribution in [0.25, 0.3) is 0 Å². The SMILES string of the molecule is O=[N+]([O-])c1cncc(Br)c1NC1CCCCCC1. The Hall–Kier alpha value is -1.17. The van der Waals surface area contributed by atoms with Crippen LogP contribution in [0, 0.1) is 10.1 Å². The van der Waals surface area contributed by atoms with Gasteiger partial charge in [0.15, 0.2) is 0 Å². The first-order chi connectivity index (χ1) is 8.68. The van der Waals surface area contributed by atoms with Crippen molar-refractivity contribution in [2.45, 2.75) is 44.6 Å². The van der Waals surface area contributed by atoms with Crippen molar-refractivity contribution in [2.75, 3.05) is 5.32 Å². The molecule has 0 radical (unpaired) electrons. The number of anilines is 1. The molecule has 6 heteroatoms. The van der Waals surface area contributed by atoms with Crippen LogP contribution in [0.15, 0.2) is 16.9 Å². The summed E-state index contributed by atoms with van der Waals surface area (Å²) in [7, 11) is 0. The summed E-state index contributed by atoms with van der Waals surface area (Å²) in [5.41, 5.74) is 0.593. The summed E-state index contributed by atoms with van der Waals surface area (Å²) in [6.07, 6.45) is 9.94. The summed E-state index contributed by atoms with van der Waals surface area (Å²) in [5.74, 6) is 0. The molecule has 98 valence electrons. The summed E-state index contributed by atoms with van der Waals surface area (Å²) >= 11 is 3.33. The highest BCUT2D eigenvalue weighted by Crippen LogP contribution is 2.33. The number of rotatable bonds is 3. The molecule has 0 bridgehead atoms. The van der Waals surface area contributed by atoms with Crippen LogP contribution in [0.1, 0.15) is 38.5 Å². The van der Waals surface area contributed by atoms with Crippen LogP contribution < -0.4 is 5.32 Å². The average molecular weight is 314 g/mol. The third kappa shape index (κ3) is 3.19. The first-order valence-electron chi connectivity index (χ1n) is 6.23. The van der Waals surface area contributed by atoms with Gasteiger partial charge in [0.2, 0.25) is 0 Å². The van der Waals surface area contributed by atoms with Gasteiger partial charge in [0.25, 0.3) is 0 Å². The van der Waals surface area contributed by atoms with Gasteiger partial charge in [-0.1, -0.05) is 25.7 Å². The van der Waals surface area contributed by atoms with E-state index in [-0.39, 0.29) is 5.69 Å². The molecule has 1 N–H and O–H groups in total. The lowest BCUT2D eigenvalue weighted by molar-refractivity contribution is -0.384. The molecule has 1 aromatic rings. The molecule has 0 atom stereocenters. The number of nitrogens with one attached hydrogen (secondary N) is 1. The normalized spacial score (nSPS) is 17.2. The zero-order valence-electron chi connectivity index (χ0n) is 10.1.